The van der Waals surface area contributed by atoms with E-state index in [2.05, 4.69) is 46.1 Å². The molecule has 1 aliphatic rings. The molecule has 0 bridgehead atoms. The van der Waals surface area contributed by atoms with Crippen molar-refractivity contribution in [2.75, 3.05) is 6.54 Å². The van der Waals surface area contributed by atoms with Crippen LogP contribution in [0.2, 0.25) is 0 Å². The first kappa shape index (κ1) is 11.5. The van der Waals surface area contributed by atoms with Crippen molar-refractivity contribution in [2.24, 2.45) is 0 Å². The molecule has 3 heteroatoms. The van der Waals surface area contributed by atoms with Crippen molar-refractivity contribution in [2.45, 2.75) is 32.7 Å². The van der Waals surface area contributed by atoms with Gasteiger partial charge in [-0.1, -0.05) is 31.5 Å². The lowest BCUT2D eigenvalue weighted by atomic mass is 10.1. The number of aryl methyl sites for hydroxylation is 1. The normalized spacial score (nSPS) is 14.5. The maximum atomic E-state index is 4.53. The second-order valence-electron chi connectivity index (χ2n) is 4.81. The third-order valence-electron chi connectivity index (χ3n) is 3.55. The Labute approximate surface area is 108 Å². The zero-order chi connectivity index (χ0) is 12.4. The molecule has 0 unspecified atom stereocenters. The van der Waals surface area contributed by atoms with Gasteiger partial charge in [-0.25, -0.2) is 4.98 Å². The molecule has 1 aliphatic heterocycles. The number of aromatic nitrogens is 2. The van der Waals surface area contributed by atoms with E-state index in [9.17, 15) is 0 Å². The molecule has 3 rings (SSSR count). The number of fused-ring (bicyclic) bond motifs is 1. The molecular formula is C15H19N3. The Hall–Kier alpha value is -1.61. The van der Waals surface area contributed by atoms with Gasteiger partial charge in [0.1, 0.15) is 0 Å². The molecule has 0 aliphatic carbocycles. The summed E-state index contributed by atoms with van der Waals surface area (Å²) in [6.45, 7) is 4.18. The number of benzene rings is 1. The van der Waals surface area contributed by atoms with Crippen LogP contribution in [0.25, 0.3) is 5.69 Å². The van der Waals surface area contributed by atoms with Crippen LogP contribution in [0, 0.1) is 0 Å². The van der Waals surface area contributed by atoms with Crippen molar-refractivity contribution in [3.63, 3.8) is 0 Å². The number of rotatable bonds is 3. The van der Waals surface area contributed by atoms with Crippen molar-refractivity contribution in [1.82, 2.24) is 14.9 Å². The van der Waals surface area contributed by atoms with E-state index in [1.807, 2.05) is 6.33 Å². The fourth-order valence-electron chi connectivity index (χ4n) is 2.67. The van der Waals surface area contributed by atoms with Gasteiger partial charge in [0, 0.05) is 30.9 Å². The molecule has 0 spiro atoms. The molecule has 1 aromatic carbocycles. The molecule has 0 fully saturated rings. The Morgan fingerprint density at radius 1 is 1.33 bits per heavy atom. The first-order valence-corrected chi connectivity index (χ1v) is 6.74. The molecule has 2 aromatic rings. The summed E-state index contributed by atoms with van der Waals surface area (Å²) in [7, 11) is 0. The Kier molecular flexibility index (Phi) is 3.15. The van der Waals surface area contributed by atoms with Crippen LogP contribution in [-0.2, 0) is 19.4 Å². The van der Waals surface area contributed by atoms with Crippen molar-refractivity contribution >= 4 is 0 Å². The van der Waals surface area contributed by atoms with Gasteiger partial charge in [0.15, 0.2) is 0 Å². The Bertz CT molecular complexity index is 542. The highest BCUT2D eigenvalue weighted by molar-refractivity contribution is 5.43. The van der Waals surface area contributed by atoms with Gasteiger partial charge < -0.3 is 9.88 Å². The molecule has 3 nitrogen and oxygen atoms in total. The van der Waals surface area contributed by atoms with Crippen molar-refractivity contribution in [3.8, 4) is 5.69 Å². The van der Waals surface area contributed by atoms with Crippen LogP contribution in [0.3, 0.4) is 0 Å². The summed E-state index contributed by atoms with van der Waals surface area (Å²) >= 11 is 0. The smallest absolute Gasteiger partial charge is 0.0998 e. The predicted octanol–water partition coefficient (Wildman–Crippen LogP) is 2.47. The summed E-state index contributed by atoms with van der Waals surface area (Å²) in [5, 5.41) is 3.37. The van der Waals surface area contributed by atoms with Gasteiger partial charge in [-0.2, -0.15) is 0 Å². The lowest BCUT2D eigenvalue weighted by Crippen LogP contribution is -2.24. The fourth-order valence-corrected chi connectivity index (χ4v) is 2.67. The molecule has 1 N–H and O–H groups in total. The van der Waals surface area contributed by atoms with Gasteiger partial charge in [0.25, 0.3) is 0 Å². The minimum Gasteiger partial charge on any atom is -0.311 e. The third kappa shape index (κ3) is 1.95. The highest BCUT2D eigenvalue weighted by Crippen LogP contribution is 2.21. The topological polar surface area (TPSA) is 29.9 Å². The Morgan fingerprint density at radius 3 is 3.11 bits per heavy atom. The largest absolute Gasteiger partial charge is 0.311 e. The second kappa shape index (κ2) is 4.94. The number of hydrogen-bond donors (Lipinski definition) is 1. The average Bonchev–Trinajstić information content (AvgIpc) is 2.84. The molecule has 0 saturated heterocycles. The first-order chi connectivity index (χ1) is 8.90. The highest BCUT2D eigenvalue weighted by atomic mass is 15.1. The number of nitrogens with zero attached hydrogens (tertiary/aromatic N) is 2. The van der Waals surface area contributed by atoms with Crippen LogP contribution < -0.4 is 5.32 Å². The van der Waals surface area contributed by atoms with E-state index in [4.69, 9.17) is 0 Å². The van der Waals surface area contributed by atoms with Crippen LogP contribution in [0.15, 0.2) is 30.6 Å². The highest BCUT2D eigenvalue weighted by Gasteiger charge is 2.16. The van der Waals surface area contributed by atoms with Gasteiger partial charge >= 0.3 is 0 Å². The van der Waals surface area contributed by atoms with E-state index in [1.165, 1.54) is 29.1 Å². The van der Waals surface area contributed by atoms with E-state index < -0.39 is 0 Å². The zero-order valence-electron chi connectivity index (χ0n) is 10.8. The lowest BCUT2D eigenvalue weighted by molar-refractivity contribution is 0.619. The Balaban J connectivity index is 2.07. The van der Waals surface area contributed by atoms with Gasteiger partial charge in [0.05, 0.1) is 12.0 Å². The maximum absolute atomic E-state index is 4.53. The van der Waals surface area contributed by atoms with E-state index in [1.54, 1.807) is 0 Å². The van der Waals surface area contributed by atoms with E-state index >= 15 is 0 Å². The number of imidazole rings is 1. The Morgan fingerprint density at radius 2 is 2.22 bits per heavy atom. The van der Waals surface area contributed by atoms with Gasteiger partial charge in [-0.05, 0) is 18.1 Å². The number of nitrogens with one attached hydrogen (secondary N) is 1. The first-order valence-electron chi connectivity index (χ1n) is 6.74. The fraction of sp³-hybridized carbons (Fsp3) is 0.400. The third-order valence-corrected chi connectivity index (χ3v) is 3.55. The summed E-state index contributed by atoms with van der Waals surface area (Å²) in [6, 6.07) is 8.67. The minimum absolute atomic E-state index is 0.901. The molecular weight excluding hydrogens is 222 g/mol. The molecule has 0 atom stereocenters. The summed E-state index contributed by atoms with van der Waals surface area (Å²) < 4.78 is 2.28. The zero-order valence-corrected chi connectivity index (χ0v) is 10.8. The van der Waals surface area contributed by atoms with Gasteiger partial charge in [0.2, 0.25) is 0 Å². The summed E-state index contributed by atoms with van der Waals surface area (Å²) in [5.74, 6) is 0. The second-order valence-corrected chi connectivity index (χ2v) is 4.81. The molecule has 0 radical (unpaired) electrons. The number of hydrogen-bond acceptors (Lipinski definition) is 2. The quantitative estimate of drug-likeness (QED) is 0.894. The van der Waals surface area contributed by atoms with E-state index in [0.29, 0.717) is 0 Å². The molecule has 2 heterocycles. The SMILES string of the molecule is CCCc1ccccc1-n1cnc2c1CCNC2. The minimum atomic E-state index is 0.901. The average molecular weight is 241 g/mol. The van der Waals surface area contributed by atoms with Crippen molar-refractivity contribution in [3.05, 3.63) is 47.5 Å². The predicted molar refractivity (Wildman–Crippen MR) is 73.0 cm³/mol. The summed E-state index contributed by atoms with van der Waals surface area (Å²) in [4.78, 5) is 4.53. The van der Waals surface area contributed by atoms with Crippen LogP contribution in [0.1, 0.15) is 30.3 Å². The standard InChI is InChI=1S/C15H19N3/c1-2-5-12-6-3-4-7-14(12)18-11-17-13-10-16-9-8-15(13)18/h3-4,6-7,11,16H,2,5,8-10H2,1H3. The van der Waals surface area contributed by atoms with Crippen molar-refractivity contribution in [1.29, 1.82) is 0 Å². The van der Waals surface area contributed by atoms with Crippen LogP contribution in [0.5, 0.6) is 0 Å². The van der Waals surface area contributed by atoms with E-state index in [-0.39, 0.29) is 0 Å². The molecule has 1 aromatic heterocycles. The van der Waals surface area contributed by atoms with Crippen molar-refractivity contribution < 1.29 is 0 Å². The molecule has 94 valence electrons. The number of para-hydroxylation sites is 1. The van der Waals surface area contributed by atoms with Gasteiger partial charge in [-0.15, -0.1) is 0 Å². The summed E-state index contributed by atoms with van der Waals surface area (Å²) in [5.41, 5.74) is 5.29. The molecule has 0 amide bonds. The molecule has 18 heavy (non-hydrogen) atoms. The molecule has 0 saturated carbocycles. The monoisotopic (exact) mass is 241 g/mol. The lowest BCUT2D eigenvalue weighted by Gasteiger charge is -2.17. The summed E-state index contributed by atoms with van der Waals surface area (Å²) in [6.07, 6.45) is 5.35. The van der Waals surface area contributed by atoms with Gasteiger partial charge in [-0.3, -0.25) is 0 Å². The maximum Gasteiger partial charge on any atom is 0.0998 e. The van der Waals surface area contributed by atoms with Crippen LogP contribution in [-0.4, -0.2) is 16.1 Å². The van der Waals surface area contributed by atoms with Crippen LogP contribution in [0.4, 0.5) is 0 Å². The van der Waals surface area contributed by atoms with E-state index in [0.717, 1.165) is 25.9 Å². The van der Waals surface area contributed by atoms with Crippen LogP contribution >= 0.6 is 0 Å².